The van der Waals surface area contributed by atoms with E-state index < -0.39 is 0 Å². The van der Waals surface area contributed by atoms with Crippen LogP contribution >= 0.6 is 0 Å². The van der Waals surface area contributed by atoms with Crippen molar-refractivity contribution in [2.45, 2.75) is 20.8 Å². The minimum absolute atomic E-state index is 0.190. The van der Waals surface area contributed by atoms with Crippen LogP contribution in [0.15, 0.2) is 59.4 Å². The number of aromatic nitrogens is 5. The highest BCUT2D eigenvalue weighted by Crippen LogP contribution is 2.35. The molecule has 1 N–H and O–H groups in total. The fourth-order valence-electron chi connectivity index (χ4n) is 3.77. The molecule has 0 unspecified atom stereocenters. The molecule has 0 radical (unpaired) electrons. The maximum atomic E-state index is 12.9. The van der Waals surface area contributed by atoms with Crippen LogP contribution < -0.4 is 5.56 Å². The van der Waals surface area contributed by atoms with Crippen LogP contribution in [0.25, 0.3) is 38.9 Å². The molecule has 0 aliphatic carbocycles. The number of hydrogen-bond donors (Lipinski definition) is 1. The molecule has 5 rings (SSSR count). The van der Waals surface area contributed by atoms with Gasteiger partial charge in [0.15, 0.2) is 11.3 Å². The number of pyridine rings is 1. The topological polar surface area (TPSA) is 76.5 Å². The van der Waals surface area contributed by atoms with E-state index in [2.05, 4.69) is 9.97 Å². The number of hydrogen-bond acceptors (Lipinski definition) is 4. The Bertz CT molecular complexity index is 1430. The molecular weight excluding hydrogens is 362 g/mol. The first-order valence-corrected chi connectivity index (χ1v) is 9.45. The molecule has 3 aromatic heterocycles. The van der Waals surface area contributed by atoms with Crippen LogP contribution in [0.5, 0.6) is 0 Å². The van der Waals surface area contributed by atoms with Crippen molar-refractivity contribution in [1.29, 1.82) is 0 Å². The second kappa shape index (κ2) is 6.38. The van der Waals surface area contributed by atoms with Crippen molar-refractivity contribution in [1.82, 2.24) is 24.7 Å². The predicted octanol–water partition coefficient (Wildman–Crippen LogP) is 4.25. The molecule has 6 nitrogen and oxygen atoms in total. The molecule has 6 heteroatoms. The number of benzene rings is 2. The molecule has 0 amide bonds. The number of rotatable bonds is 2. The van der Waals surface area contributed by atoms with Gasteiger partial charge in [0.25, 0.3) is 5.56 Å². The lowest BCUT2D eigenvalue weighted by Gasteiger charge is -2.10. The molecule has 29 heavy (non-hydrogen) atoms. The average Bonchev–Trinajstić information content (AvgIpc) is 3.04. The van der Waals surface area contributed by atoms with Crippen LogP contribution in [0.1, 0.15) is 17.1 Å². The predicted molar refractivity (Wildman–Crippen MR) is 114 cm³/mol. The van der Waals surface area contributed by atoms with Gasteiger partial charge < -0.3 is 4.98 Å². The monoisotopic (exact) mass is 381 g/mol. The molecule has 0 fully saturated rings. The normalized spacial score (nSPS) is 11.4. The number of nitrogens with zero attached hydrogens (tertiary/aromatic N) is 4. The van der Waals surface area contributed by atoms with E-state index in [-0.39, 0.29) is 5.56 Å². The van der Waals surface area contributed by atoms with Crippen LogP contribution in [0.4, 0.5) is 0 Å². The van der Waals surface area contributed by atoms with Crippen LogP contribution in [-0.2, 0) is 0 Å². The maximum absolute atomic E-state index is 12.9. The Balaban J connectivity index is 2.00. The van der Waals surface area contributed by atoms with Gasteiger partial charge in [-0.2, -0.15) is 5.10 Å². The average molecular weight is 381 g/mol. The number of fused-ring (bicyclic) bond motifs is 2. The summed E-state index contributed by atoms with van der Waals surface area (Å²) in [4.78, 5) is 25.0. The van der Waals surface area contributed by atoms with Gasteiger partial charge in [-0.25, -0.2) is 14.6 Å². The van der Waals surface area contributed by atoms with Crippen LogP contribution in [0, 0.1) is 20.8 Å². The van der Waals surface area contributed by atoms with Crippen molar-refractivity contribution in [2.75, 3.05) is 0 Å². The second-order valence-electron chi connectivity index (χ2n) is 7.23. The third-order valence-electron chi connectivity index (χ3n) is 5.11. The summed E-state index contributed by atoms with van der Waals surface area (Å²) in [6.45, 7) is 5.75. The lowest BCUT2D eigenvalue weighted by molar-refractivity contribution is 0.878. The molecule has 0 aliphatic heterocycles. The van der Waals surface area contributed by atoms with Crippen molar-refractivity contribution in [3.05, 3.63) is 82.0 Å². The van der Waals surface area contributed by atoms with E-state index in [1.54, 1.807) is 6.92 Å². The van der Waals surface area contributed by atoms with Gasteiger partial charge in [0.05, 0.1) is 22.2 Å². The van der Waals surface area contributed by atoms with Crippen molar-refractivity contribution in [2.24, 2.45) is 0 Å². The van der Waals surface area contributed by atoms with E-state index >= 15 is 0 Å². The van der Waals surface area contributed by atoms with E-state index in [1.165, 1.54) is 0 Å². The first-order valence-electron chi connectivity index (χ1n) is 9.45. The third-order valence-corrected chi connectivity index (χ3v) is 5.11. The smallest absolute Gasteiger partial charge is 0.261 e. The highest BCUT2D eigenvalue weighted by atomic mass is 16.1. The van der Waals surface area contributed by atoms with Gasteiger partial charge in [-0.05, 0) is 38.5 Å². The molecule has 0 saturated carbocycles. The summed E-state index contributed by atoms with van der Waals surface area (Å²) < 4.78 is 1.82. The molecule has 3 heterocycles. The van der Waals surface area contributed by atoms with E-state index in [1.807, 2.05) is 73.1 Å². The fourth-order valence-corrected chi connectivity index (χ4v) is 3.77. The summed E-state index contributed by atoms with van der Waals surface area (Å²) in [7, 11) is 0. The standard InChI is InChI=1S/C23H19N5O/c1-13-9-11-16(12-10-13)19-18-14(2)27-28(17-7-5-4-6-8-17)22(18)26-21-20(19)23(29)25-15(3)24-21/h4-12H,1-3H3,(H,24,25,26,29). The lowest BCUT2D eigenvalue weighted by atomic mass is 9.98. The summed E-state index contributed by atoms with van der Waals surface area (Å²) in [5, 5.41) is 6.10. The summed E-state index contributed by atoms with van der Waals surface area (Å²) in [5.74, 6) is 0.534. The molecule has 0 saturated heterocycles. The largest absolute Gasteiger partial charge is 0.310 e. The van der Waals surface area contributed by atoms with Crippen LogP contribution in [0.2, 0.25) is 0 Å². The Morgan fingerprint density at radius 1 is 0.862 bits per heavy atom. The van der Waals surface area contributed by atoms with Crippen LogP contribution in [0.3, 0.4) is 0 Å². The summed E-state index contributed by atoms with van der Waals surface area (Å²) in [6.07, 6.45) is 0. The van der Waals surface area contributed by atoms with Gasteiger partial charge >= 0.3 is 0 Å². The lowest BCUT2D eigenvalue weighted by Crippen LogP contribution is -2.12. The first-order chi connectivity index (χ1) is 14.0. The van der Waals surface area contributed by atoms with Crippen molar-refractivity contribution >= 4 is 22.1 Å². The Kier molecular flexibility index (Phi) is 3.81. The second-order valence-corrected chi connectivity index (χ2v) is 7.23. The Morgan fingerprint density at radius 3 is 2.31 bits per heavy atom. The first kappa shape index (κ1) is 17.3. The molecule has 0 spiro atoms. The molecule has 2 aromatic carbocycles. The summed E-state index contributed by atoms with van der Waals surface area (Å²) in [5.41, 5.74) is 5.56. The number of aryl methyl sites for hydroxylation is 3. The Morgan fingerprint density at radius 2 is 1.59 bits per heavy atom. The third kappa shape index (κ3) is 2.72. The molecule has 0 bridgehead atoms. The zero-order chi connectivity index (χ0) is 20.1. The number of H-pyrrole nitrogens is 1. The van der Waals surface area contributed by atoms with Crippen molar-refractivity contribution in [3.63, 3.8) is 0 Å². The fraction of sp³-hybridized carbons (Fsp3) is 0.130. The van der Waals surface area contributed by atoms with Gasteiger partial charge in [-0.3, -0.25) is 4.79 Å². The number of nitrogens with one attached hydrogen (secondary N) is 1. The number of para-hydroxylation sites is 1. The van der Waals surface area contributed by atoms with E-state index in [0.717, 1.165) is 33.5 Å². The SMILES string of the molecule is Cc1ccc(-c2c3c(C)nn(-c4ccccc4)c3nc3nc(C)[nH]c(=O)c23)cc1. The van der Waals surface area contributed by atoms with E-state index in [9.17, 15) is 4.79 Å². The van der Waals surface area contributed by atoms with Gasteiger partial charge in [0, 0.05) is 5.56 Å². The zero-order valence-corrected chi connectivity index (χ0v) is 16.4. The highest BCUT2D eigenvalue weighted by molar-refractivity contribution is 6.08. The van der Waals surface area contributed by atoms with Crippen LogP contribution in [-0.4, -0.2) is 24.7 Å². The van der Waals surface area contributed by atoms with Crippen molar-refractivity contribution < 1.29 is 0 Å². The molecule has 5 aromatic rings. The quantitative estimate of drug-likeness (QED) is 0.496. The molecule has 0 aliphatic rings. The molecule has 142 valence electrons. The van der Waals surface area contributed by atoms with Gasteiger partial charge in [0.1, 0.15) is 5.82 Å². The van der Waals surface area contributed by atoms with Gasteiger partial charge in [-0.15, -0.1) is 0 Å². The van der Waals surface area contributed by atoms with E-state index in [0.29, 0.717) is 22.5 Å². The molecule has 0 atom stereocenters. The summed E-state index contributed by atoms with van der Waals surface area (Å²) >= 11 is 0. The minimum atomic E-state index is -0.190. The van der Waals surface area contributed by atoms with Gasteiger partial charge in [0.2, 0.25) is 0 Å². The highest BCUT2D eigenvalue weighted by Gasteiger charge is 2.21. The molecular formula is C23H19N5O. The Hall–Kier alpha value is -3.80. The van der Waals surface area contributed by atoms with E-state index in [4.69, 9.17) is 10.1 Å². The minimum Gasteiger partial charge on any atom is -0.310 e. The van der Waals surface area contributed by atoms with Gasteiger partial charge in [-0.1, -0.05) is 48.0 Å². The van der Waals surface area contributed by atoms with Crippen molar-refractivity contribution in [3.8, 4) is 16.8 Å². The summed E-state index contributed by atoms with van der Waals surface area (Å²) in [6, 6.07) is 18.0. The Labute approximate surface area is 166 Å². The number of aromatic amines is 1. The maximum Gasteiger partial charge on any atom is 0.261 e. The zero-order valence-electron chi connectivity index (χ0n) is 16.4.